The molecular formula is C18H16N2O2. The highest BCUT2D eigenvalue weighted by Gasteiger charge is 2.08. The monoisotopic (exact) mass is 292 g/mol. The first-order valence-corrected chi connectivity index (χ1v) is 6.79. The summed E-state index contributed by atoms with van der Waals surface area (Å²) in [5.74, 6) is 0. The van der Waals surface area contributed by atoms with Gasteiger partial charge in [-0.15, -0.1) is 0 Å². The fourth-order valence-electron chi connectivity index (χ4n) is 2.51. The molecule has 4 nitrogen and oxygen atoms in total. The summed E-state index contributed by atoms with van der Waals surface area (Å²) in [6, 6.07) is 16.5. The summed E-state index contributed by atoms with van der Waals surface area (Å²) in [4.78, 5) is 20.8. The second-order valence-corrected chi connectivity index (χ2v) is 5.01. The van der Waals surface area contributed by atoms with Crippen molar-refractivity contribution in [3.8, 4) is 11.1 Å². The Hall–Kier alpha value is -2.97. The van der Waals surface area contributed by atoms with Crippen molar-refractivity contribution in [1.82, 2.24) is 4.98 Å². The van der Waals surface area contributed by atoms with Crippen LogP contribution in [0.2, 0.25) is 0 Å². The van der Waals surface area contributed by atoms with Gasteiger partial charge in [-0.1, -0.05) is 42.0 Å². The third-order valence-electron chi connectivity index (χ3n) is 3.32. The second-order valence-electron chi connectivity index (χ2n) is 5.01. The largest absolute Gasteiger partial charge is 0.398 e. The smallest absolute Gasteiger partial charge is 0.373 e. The van der Waals surface area contributed by atoms with Crippen molar-refractivity contribution < 1.29 is 9.59 Å². The van der Waals surface area contributed by atoms with Crippen LogP contribution >= 0.6 is 0 Å². The summed E-state index contributed by atoms with van der Waals surface area (Å²) < 4.78 is 0. The molecule has 110 valence electrons. The first-order valence-electron chi connectivity index (χ1n) is 6.79. The van der Waals surface area contributed by atoms with E-state index >= 15 is 0 Å². The van der Waals surface area contributed by atoms with Crippen LogP contribution in [0.25, 0.3) is 22.0 Å². The number of fused-ring (bicyclic) bond motifs is 1. The van der Waals surface area contributed by atoms with Crippen LogP contribution in [0.1, 0.15) is 11.3 Å². The molecule has 0 unspecified atom stereocenters. The fraction of sp³-hybridized carbons (Fsp3) is 0.111. The predicted molar refractivity (Wildman–Crippen MR) is 86.1 cm³/mol. The minimum Gasteiger partial charge on any atom is -0.398 e. The number of benzene rings is 2. The maximum Gasteiger partial charge on any atom is 0.373 e. The van der Waals surface area contributed by atoms with Gasteiger partial charge in [-0.05, 0) is 37.1 Å². The van der Waals surface area contributed by atoms with E-state index in [4.69, 9.17) is 15.3 Å². The molecule has 3 aromatic rings. The molecule has 0 fully saturated rings. The van der Waals surface area contributed by atoms with E-state index in [-0.39, 0.29) is 6.15 Å². The molecule has 1 aromatic heterocycles. The summed E-state index contributed by atoms with van der Waals surface area (Å²) in [6.45, 7) is 4.07. The summed E-state index contributed by atoms with van der Waals surface area (Å²) in [5, 5.41) is 1.04. The van der Waals surface area contributed by atoms with Crippen molar-refractivity contribution in [1.29, 1.82) is 0 Å². The number of aryl methyl sites for hydroxylation is 2. The van der Waals surface area contributed by atoms with Gasteiger partial charge in [0.2, 0.25) is 0 Å². The van der Waals surface area contributed by atoms with Gasteiger partial charge in [0.15, 0.2) is 0 Å². The summed E-state index contributed by atoms with van der Waals surface area (Å²) >= 11 is 0. The molecule has 3 rings (SSSR count). The molecule has 4 heteroatoms. The van der Waals surface area contributed by atoms with Crippen molar-refractivity contribution in [3.63, 3.8) is 0 Å². The lowest BCUT2D eigenvalue weighted by Crippen LogP contribution is -1.94. The Morgan fingerprint density at radius 2 is 1.68 bits per heavy atom. The molecule has 2 aromatic carbocycles. The highest BCUT2D eigenvalue weighted by atomic mass is 16.2. The van der Waals surface area contributed by atoms with E-state index in [1.807, 2.05) is 25.1 Å². The Morgan fingerprint density at radius 1 is 1.00 bits per heavy atom. The third kappa shape index (κ3) is 3.19. The lowest BCUT2D eigenvalue weighted by Gasteiger charge is -2.10. The molecule has 0 aliphatic carbocycles. The fourth-order valence-corrected chi connectivity index (χ4v) is 2.51. The molecule has 0 spiro atoms. The van der Waals surface area contributed by atoms with Gasteiger partial charge in [0.1, 0.15) is 0 Å². The Morgan fingerprint density at radius 3 is 2.36 bits per heavy atom. The van der Waals surface area contributed by atoms with Crippen molar-refractivity contribution in [3.05, 3.63) is 59.8 Å². The molecule has 0 aliphatic rings. The number of hydrogen-bond acceptors (Lipinski definition) is 4. The highest BCUT2D eigenvalue weighted by molar-refractivity contribution is 6.02. The quantitative estimate of drug-likeness (QED) is 0.744. The van der Waals surface area contributed by atoms with Gasteiger partial charge in [-0.3, -0.25) is 4.98 Å². The van der Waals surface area contributed by atoms with Crippen LogP contribution in [0.3, 0.4) is 0 Å². The maximum absolute atomic E-state index is 8.12. The topological polar surface area (TPSA) is 73.0 Å². The Kier molecular flexibility index (Phi) is 4.66. The number of anilines is 1. The highest BCUT2D eigenvalue weighted by Crippen LogP contribution is 2.32. The molecule has 2 N–H and O–H groups in total. The van der Waals surface area contributed by atoms with Gasteiger partial charge in [0.25, 0.3) is 0 Å². The van der Waals surface area contributed by atoms with E-state index in [2.05, 4.69) is 42.2 Å². The number of carbonyl (C=O) groups excluding carboxylic acids is 2. The molecule has 0 radical (unpaired) electrons. The van der Waals surface area contributed by atoms with Gasteiger partial charge >= 0.3 is 6.15 Å². The predicted octanol–water partition coefficient (Wildman–Crippen LogP) is 3.52. The van der Waals surface area contributed by atoms with Gasteiger partial charge < -0.3 is 5.73 Å². The van der Waals surface area contributed by atoms with Crippen LogP contribution < -0.4 is 5.73 Å². The number of hydrogen-bond donors (Lipinski definition) is 1. The summed E-state index contributed by atoms with van der Waals surface area (Å²) in [6.07, 6.45) is 0.250. The summed E-state index contributed by atoms with van der Waals surface area (Å²) in [5.41, 5.74) is 12.5. The lowest BCUT2D eigenvalue weighted by atomic mass is 9.98. The minimum atomic E-state index is 0.250. The maximum atomic E-state index is 8.12. The zero-order chi connectivity index (χ0) is 16.1. The van der Waals surface area contributed by atoms with Crippen LogP contribution in [0, 0.1) is 13.8 Å². The van der Waals surface area contributed by atoms with Gasteiger partial charge in [-0.25, -0.2) is 0 Å². The average molecular weight is 292 g/mol. The molecule has 1 heterocycles. The van der Waals surface area contributed by atoms with E-state index in [0.29, 0.717) is 0 Å². The number of nitrogens with two attached hydrogens (primary N) is 1. The van der Waals surface area contributed by atoms with E-state index in [1.165, 1.54) is 11.1 Å². The van der Waals surface area contributed by atoms with Gasteiger partial charge in [-0.2, -0.15) is 9.59 Å². The number of rotatable bonds is 1. The van der Waals surface area contributed by atoms with Gasteiger partial charge in [0.05, 0.1) is 5.52 Å². The first-order chi connectivity index (χ1) is 10.6. The van der Waals surface area contributed by atoms with Crippen molar-refractivity contribution in [2.75, 3.05) is 5.73 Å². The van der Waals surface area contributed by atoms with Crippen LogP contribution in [-0.2, 0) is 9.59 Å². The SMILES string of the molecule is Cc1cccc(-c2cccc3nc(C)cc(N)c23)c1.O=C=O. The molecule has 0 bridgehead atoms. The third-order valence-corrected chi connectivity index (χ3v) is 3.32. The Balaban J connectivity index is 0.000000545. The van der Waals surface area contributed by atoms with Crippen molar-refractivity contribution in [2.24, 2.45) is 0 Å². The number of pyridine rings is 1. The van der Waals surface area contributed by atoms with Crippen LogP contribution in [0.4, 0.5) is 5.69 Å². The molecular weight excluding hydrogens is 276 g/mol. The zero-order valence-corrected chi connectivity index (χ0v) is 12.5. The normalized spacial score (nSPS) is 9.73. The van der Waals surface area contributed by atoms with Gasteiger partial charge in [0, 0.05) is 16.8 Å². The lowest BCUT2D eigenvalue weighted by molar-refractivity contribution is -0.191. The second kappa shape index (κ2) is 6.66. The van der Waals surface area contributed by atoms with Crippen LogP contribution in [-0.4, -0.2) is 11.1 Å². The Labute approximate surface area is 128 Å². The molecule has 0 atom stereocenters. The first kappa shape index (κ1) is 15.4. The number of nitrogens with zero attached hydrogens (tertiary/aromatic N) is 1. The van der Waals surface area contributed by atoms with E-state index in [0.717, 1.165) is 27.8 Å². The van der Waals surface area contributed by atoms with Crippen molar-refractivity contribution >= 4 is 22.7 Å². The number of aromatic nitrogens is 1. The number of nitrogen functional groups attached to an aromatic ring is 1. The average Bonchev–Trinajstić information content (AvgIpc) is 2.47. The van der Waals surface area contributed by atoms with E-state index in [1.54, 1.807) is 0 Å². The van der Waals surface area contributed by atoms with Crippen molar-refractivity contribution in [2.45, 2.75) is 13.8 Å². The molecule has 0 amide bonds. The molecule has 0 saturated carbocycles. The van der Waals surface area contributed by atoms with Crippen LogP contribution in [0.5, 0.6) is 0 Å². The minimum absolute atomic E-state index is 0.250. The molecule has 0 saturated heterocycles. The standard InChI is InChI=1S/C17H16N2.CO2/c1-11-5-3-6-13(9-11)14-7-4-8-16-17(14)15(18)10-12(2)19-16;2-1-3/h3-10H,1-2H3,(H2,18,19);. The van der Waals surface area contributed by atoms with E-state index in [9.17, 15) is 0 Å². The van der Waals surface area contributed by atoms with Crippen LogP contribution in [0.15, 0.2) is 48.5 Å². The zero-order valence-electron chi connectivity index (χ0n) is 12.5. The van der Waals surface area contributed by atoms with E-state index < -0.39 is 0 Å². The molecule has 22 heavy (non-hydrogen) atoms. The molecule has 0 aliphatic heterocycles. The Bertz CT molecular complexity index is 851. The summed E-state index contributed by atoms with van der Waals surface area (Å²) in [7, 11) is 0.